The minimum absolute atomic E-state index is 0.0724. The quantitative estimate of drug-likeness (QED) is 0.666. The number of halogens is 3. The van der Waals surface area contributed by atoms with Gasteiger partial charge in [0.15, 0.2) is 0 Å². The van der Waals surface area contributed by atoms with Crippen molar-refractivity contribution < 1.29 is 22.6 Å². The van der Waals surface area contributed by atoms with Crippen LogP contribution in [-0.2, 0) is 9.47 Å². The molecule has 15 heavy (non-hydrogen) atoms. The molecule has 0 aromatic carbocycles. The van der Waals surface area contributed by atoms with E-state index in [-0.39, 0.29) is 12.0 Å². The Balaban J connectivity index is 3.87. The lowest BCUT2D eigenvalue weighted by atomic mass is 9.90. The average molecular weight is 228 g/mol. The van der Waals surface area contributed by atoms with E-state index in [0.29, 0.717) is 13.2 Å². The van der Waals surface area contributed by atoms with Gasteiger partial charge in [0.25, 0.3) is 0 Å². The van der Waals surface area contributed by atoms with Gasteiger partial charge in [0.05, 0.1) is 13.2 Å². The molecular weight excluding hydrogens is 209 g/mol. The zero-order chi connectivity index (χ0) is 11.9. The molecule has 0 saturated heterocycles. The molecule has 0 N–H and O–H groups in total. The van der Waals surface area contributed by atoms with E-state index in [1.807, 2.05) is 20.8 Å². The van der Waals surface area contributed by atoms with Gasteiger partial charge in [-0.15, -0.1) is 0 Å². The lowest BCUT2D eigenvalue weighted by Gasteiger charge is -2.27. The molecule has 0 saturated carbocycles. The van der Waals surface area contributed by atoms with Crippen molar-refractivity contribution in [2.45, 2.75) is 33.4 Å². The predicted octanol–water partition coefficient (Wildman–Crippen LogP) is 3.02. The highest BCUT2D eigenvalue weighted by Gasteiger charge is 2.30. The summed E-state index contributed by atoms with van der Waals surface area (Å²) in [5.74, 6) is 0. The van der Waals surface area contributed by atoms with Crippen molar-refractivity contribution in [1.82, 2.24) is 0 Å². The number of ether oxygens (including phenoxy) is 2. The first-order valence-electron chi connectivity index (χ1n) is 5.05. The molecule has 1 atom stereocenters. The summed E-state index contributed by atoms with van der Waals surface area (Å²) in [4.78, 5) is 0. The first-order chi connectivity index (χ1) is 6.83. The first-order valence-corrected chi connectivity index (χ1v) is 5.05. The van der Waals surface area contributed by atoms with Gasteiger partial charge in [-0.3, -0.25) is 0 Å². The van der Waals surface area contributed by atoms with Gasteiger partial charge in [-0.05, 0) is 13.3 Å². The van der Waals surface area contributed by atoms with Crippen molar-refractivity contribution in [2.24, 2.45) is 5.41 Å². The van der Waals surface area contributed by atoms with Crippen LogP contribution < -0.4 is 0 Å². The Morgan fingerprint density at radius 2 is 1.47 bits per heavy atom. The Labute approximate surface area is 88.7 Å². The van der Waals surface area contributed by atoms with E-state index in [0.717, 1.165) is 6.42 Å². The van der Waals surface area contributed by atoms with Gasteiger partial charge in [0, 0.05) is 12.0 Å². The molecule has 0 aliphatic carbocycles. The molecule has 0 aliphatic heterocycles. The monoisotopic (exact) mass is 228 g/mol. The third-order valence-electron chi connectivity index (χ3n) is 2.22. The van der Waals surface area contributed by atoms with E-state index in [2.05, 4.69) is 4.74 Å². The Hall–Kier alpha value is -0.290. The number of hydrogen-bond donors (Lipinski definition) is 0. The molecule has 0 radical (unpaired) electrons. The summed E-state index contributed by atoms with van der Waals surface area (Å²) in [6.45, 7) is 5.51. The zero-order valence-corrected chi connectivity index (χ0v) is 9.49. The van der Waals surface area contributed by atoms with Crippen molar-refractivity contribution in [3.63, 3.8) is 0 Å². The third kappa shape index (κ3) is 7.62. The second-order valence-corrected chi connectivity index (χ2v) is 3.91. The van der Waals surface area contributed by atoms with Crippen LogP contribution in [0.4, 0.5) is 13.2 Å². The van der Waals surface area contributed by atoms with Gasteiger partial charge < -0.3 is 9.47 Å². The van der Waals surface area contributed by atoms with Crippen molar-refractivity contribution in [1.29, 1.82) is 0 Å². The maximum Gasteiger partial charge on any atom is 0.411 e. The summed E-state index contributed by atoms with van der Waals surface area (Å²) in [5, 5.41) is 0. The maximum absolute atomic E-state index is 11.8. The van der Waals surface area contributed by atoms with Crippen molar-refractivity contribution in [2.75, 3.05) is 26.4 Å². The van der Waals surface area contributed by atoms with Crippen LogP contribution in [0.2, 0.25) is 0 Å². The van der Waals surface area contributed by atoms with E-state index in [1.54, 1.807) is 0 Å². The first kappa shape index (κ1) is 14.7. The second kappa shape index (κ2) is 6.33. The SMILES string of the molecule is CCOCC(C)(CC)COCC(F)(F)F. The van der Waals surface area contributed by atoms with Crippen LogP contribution in [0.1, 0.15) is 27.2 Å². The summed E-state index contributed by atoms with van der Waals surface area (Å²) >= 11 is 0. The summed E-state index contributed by atoms with van der Waals surface area (Å²) in [6.07, 6.45) is -3.52. The van der Waals surface area contributed by atoms with E-state index in [1.165, 1.54) is 0 Å². The molecule has 0 spiro atoms. The Kier molecular flexibility index (Phi) is 6.20. The molecule has 2 nitrogen and oxygen atoms in total. The summed E-state index contributed by atoms with van der Waals surface area (Å²) < 4.78 is 45.3. The fourth-order valence-electron chi connectivity index (χ4n) is 1.01. The summed E-state index contributed by atoms with van der Waals surface area (Å²) in [5.41, 5.74) is -0.332. The fraction of sp³-hybridized carbons (Fsp3) is 1.00. The van der Waals surface area contributed by atoms with Crippen LogP contribution in [0.5, 0.6) is 0 Å². The second-order valence-electron chi connectivity index (χ2n) is 3.91. The van der Waals surface area contributed by atoms with Crippen molar-refractivity contribution in [3.8, 4) is 0 Å². The Morgan fingerprint density at radius 3 is 1.87 bits per heavy atom. The van der Waals surface area contributed by atoms with Crippen molar-refractivity contribution in [3.05, 3.63) is 0 Å². The molecule has 0 aliphatic rings. The van der Waals surface area contributed by atoms with Crippen molar-refractivity contribution >= 4 is 0 Å². The van der Waals surface area contributed by atoms with Crippen LogP contribution in [0.3, 0.4) is 0 Å². The van der Waals surface area contributed by atoms with E-state index in [9.17, 15) is 13.2 Å². The number of rotatable bonds is 7. The predicted molar refractivity (Wildman–Crippen MR) is 51.8 cm³/mol. The van der Waals surface area contributed by atoms with Gasteiger partial charge in [0.1, 0.15) is 6.61 Å². The van der Waals surface area contributed by atoms with Gasteiger partial charge in [-0.1, -0.05) is 13.8 Å². The van der Waals surface area contributed by atoms with Gasteiger partial charge in [-0.25, -0.2) is 0 Å². The Bertz CT molecular complexity index is 171. The molecule has 0 rings (SSSR count). The summed E-state index contributed by atoms with van der Waals surface area (Å²) in [6, 6.07) is 0. The van der Waals surface area contributed by atoms with Crippen LogP contribution in [0.25, 0.3) is 0 Å². The molecule has 0 amide bonds. The molecular formula is C10H19F3O2. The third-order valence-corrected chi connectivity index (χ3v) is 2.22. The van der Waals surface area contributed by atoms with E-state index in [4.69, 9.17) is 4.74 Å². The maximum atomic E-state index is 11.8. The minimum atomic E-state index is -4.25. The van der Waals surface area contributed by atoms with Crippen LogP contribution >= 0.6 is 0 Å². The molecule has 0 bridgehead atoms. The highest BCUT2D eigenvalue weighted by molar-refractivity contribution is 4.71. The molecule has 92 valence electrons. The lowest BCUT2D eigenvalue weighted by Crippen LogP contribution is -2.30. The lowest BCUT2D eigenvalue weighted by molar-refractivity contribution is -0.182. The minimum Gasteiger partial charge on any atom is -0.381 e. The van der Waals surface area contributed by atoms with Crippen LogP contribution in [-0.4, -0.2) is 32.6 Å². The highest BCUT2D eigenvalue weighted by atomic mass is 19.4. The normalized spacial score (nSPS) is 16.4. The smallest absolute Gasteiger partial charge is 0.381 e. The number of hydrogen-bond acceptors (Lipinski definition) is 2. The molecule has 0 fully saturated rings. The Morgan fingerprint density at radius 1 is 0.933 bits per heavy atom. The van der Waals surface area contributed by atoms with Crippen LogP contribution in [0, 0.1) is 5.41 Å². The summed E-state index contributed by atoms with van der Waals surface area (Å²) in [7, 11) is 0. The average Bonchev–Trinajstić information content (AvgIpc) is 2.13. The molecule has 1 unspecified atom stereocenters. The van der Waals surface area contributed by atoms with Crippen LogP contribution in [0.15, 0.2) is 0 Å². The molecule has 0 aromatic heterocycles. The van der Waals surface area contributed by atoms with Gasteiger partial charge in [0.2, 0.25) is 0 Å². The fourth-order valence-corrected chi connectivity index (χ4v) is 1.01. The molecule has 0 aromatic rings. The standard InChI is InChI=1S/C10H19F3O2/c1-4-9(3,6-14-5-2)7-15-8-10(11,12)13/h4-8H2,1-3H3. The van der Waals surface area contributed by atoms with Gasteiger partial charge in [-0.2, -0.15) is 13.2 Å². The highest BCUT2D eigenvalue weighted by Crippen LogP contribution is 2.23. The zero-order valence-electron chi connectivity index (χ0n) is 9.49. The van der Waals surface area contributed by atoms with E-state index >= 15 is 0 Å². The van der Waals surface area contributed by atoms with Gasteiger partial charge >= 0.3 is 6.18 Å². The topological polar surface area (TPSA) is 18.5 Å². The van der Waals surface area contributed by atoms with E-state index < -0.39 is 12.8 Å². The molecule has 0 heterocycles. The largest absolute Gasteiger partial charge is 0.411 e. The number of alkyl halides is 3. The molecule has 5 heteroatoms.